The van der Waals surface area contributed by atoms with Crippen molar-refractivity contribution in [3.8, 4) is 0 Å². The van der Waals surface area contributed by atoms with Gasteiger partial charge < -0.3 is 10.2 Å². The van der Waals surface area contributed by atoms with Gasteiger partial charge in [0.05, 0.1) is 11.4 Å². The maximum absolute atomic E-state index is 3.49. The summed E-state index contributed by atoms with van der Waals surface area (Å²) in [6.07, 6.45) is 0. The summed E-state index contributed by atoms with van der Waals surface area (Å²) in [4.78, 5) is 2.12. The predicted octanol–water partition coefficient (Wildman–Crippen LogP) is 3.58. The van der Waals surface area contributed by atoms with E-state index >= 15 is 0 Å². The van der Waals surface area contributed by atoms with Gasteiger partial charge in [-0.05, 0) is 24.1 Å². The number of rotatable bonds is 4. The third-order valence-electron chi connectivity index (χ3n) is 2.14. The Balaban J connectivity index is 2.87. The first kappa shape index (κ1) is 12.4. The van der Waals surface area contributed by atoms with Crippen LogP contribution in [-0.2, 0) is 0 Å². The standard InChI is InChI=1S/C12H19BrN2/c1-9(2)8-14-11-7-10(13)5-6-12(11)15(3)4/h5-7,9,14H,8H2,1-4H3. The van der Waals surface area contributed by atoms with Gasteiger partial charge in [0.2, 0.25) is 0 Å². The van der Waals surface area contributed by atoms with Crippen molar-refractivity contribution in [1.82, 2.24) is 0 Å². The first-order chi connectivity index (χ1) is 7.00. The highest BCUT2D eigenvalue weighted by molar-refractivity contribution is 9.10. The molecule has 1 rings (SSSR count). The van der Waals surface area contributed by atoms with Crippen LogP contribution in [0, 0.1) is 5.92 Å². The molecule has 15 heavy (non-hydrogen) atoms. The van der Waals surface area contributed by atoms with Gasteiger partial charge in [0.1, 0.15) is 0 Å². The fourth-order valence-corrected chi connectivity index (χ4v) is 1.71. The fourth-order valence-electron chi connectivity index (χ4n) is 1.35. The molecule has 0 radical (unpaired) electrons. The summed E-state index contributed by atoms with van der Waals surface area (Å²) in [7, 11) is 4.12. The molecular weight excluding hydrogens is 252 g/mol. The van der Waals surface area contributed by atoms with Crippen molar-refractivity contribution < 1.29 is 0 Å². The van der Waals surface area contributed by atoms with E-state index in [2.05, 4.69) is 72.3 Å². The average molecular weight is 271 g/mol. The van der Waals surface area contributed by atoms with Crippen LogP contribution in [-0.4, -0.2) is 20.6 Å². The first-order valence-corrected chi connectivity index (χ1v) is 6.00. The third kappa shape index (κ3) is 3.74. The number of hydrogen-bond acceptors (Lipinski definition) is 2. The Hall–Kier alpha value is -0.700. The molecule has 84 valence electrons. The maximum Gasteiger partial charge on any atom is 0.0597 e. The zero-order chi connectivity index (χ0) is 11.4. The average Bonchev–Trinajstić information content (AvgIpc) is 2.14. The molecule has 2 nitrogen and oxygen atoms in total. The Morgan fingerprint density at radius 3 is 2.53 bits per heavy atom. The number of benzene rings is 1. The fraction of sp³-hybridized carbons (Fsp3) is 0.500. The van der Waals surface area contributed by atoms with E-state index in [4.69, 9.17) is 0 Å². The summed E-state index contributed by atoms with van der Waals surface area (Å²) in [5.74, 6) is 0.652. The van der Waals surface area contributed by atoms with Gasteiger partial charge in [0.15, 0.2) is 0 Å². The molecule has 0 saturated carbocycles. The number of hydrogen-bond donors (Lipinski definition) is 1. The quantitative estimate of drug-likeness (QED) is 0.900. The van der Waals surface area contributed by atoms with Crippen molar-refractivity contribution in [3.63, 3.8) is 0 Å². The lowest BCUT2D eigenvalue weighted by atomic mass is 10.2. The van der Waals surface area contributed by atoms with E-state index in [0.717, 1.165) is 11.0 Å². The van der Waals surface area contributed by atoms with Crippen molar-refractivity contribution in [3.05, 3.63) is 22.7 Å². The molecule has 0 fully saturated rings. The Kier molecular flexibility index (Phi) is 4.45. The molecule has 0 amide bonds. The molecule has 0 heterocycles. The van der Waals surface area contributed by atoms with Crippen LogP contribution in [0.15, 0.2) is 22.7 Å². The molecule has 0 atom stereocenters. The maximum atomic E-state index is 3.49. The highest BCUT2D eigenvalue weighted by Crippen LogP contribution is 2.28. The van der Waals surface area contributed by atoms with E-state index in [-0.39, 0.29) is 0 Å². The van der Waals surface area contributed by atoms with E-state index < -0.39 is 0 Å². The Morgan fingerprint density at radius 2 is 2.00 bits per heavy atom. The summed E-state index contributed by atoms with van der Waals surface area (Å²) in [5, 5.41) is 3.46. The van der Waals surface area contributed by atoms with Crippen LogP contribution in [0.2, 0.25) is 0 Å². The van der Waals surface area contributed by atoms with E-state index in [9.17, 15) is 0 Å². The Morgan fingerprint density at radius 1 is 1.33 bits per heavy atom. The van der Waals surface area contributed by atoms with Crippen LogP contribution in [0.4, 0.5) is 11.4 Å². The highest BCUT2D eigenvalue weighted by atomic mass is 79.9. The van der Waals surface area contributed by atoms with E-state index in [1.54, 1.807) is 0 Å². The van der Waals surface area contributed by atoms with Crippen LogP contribution < -0.4 is 10.2 Å². The zero-order valence-corrected chi connectivity index (χ0v) is 11.4. The number of nitrogens with one attached hydrogen (secondary N) is 1. The summed E-state index contributed by atoms with van der Waals surface area (Å²) >= 11 is 3.49. The molecule has 0 bridgehead atoms. The Bertz CT molecular complexity index is 321. The molecule has 0 aliphatic rings. The molecule has 0 saturated heterocycles. The van der Waals surface area contributed by atoms with Gasteiger partial charge in [-0.2, -0.15) is 0 Å². The second-order valence-electron chi connectivity index (χ2n) is 4.33. The lowest BCUT2D eigenvalue weighted by Crippen LogP contribution is -2.14. The molecule has 3 heteroatoms. The molecule has 1 N–H and O–H groups in total. The van der Waals surface area contributed by atoms with Gasteiger partial charge in [0.25, 0.3) is 0 Å². The lowest BCUT2D eigenvalue weighted by molar-refractivity contribution is 0.689. The highest BCUT2D eigenvalue weighted by Gasteiger charge is 2.05. The minimum atomic E-state index is 0.652. The topological polar surface area (TPSA) is 15.3 Å². The molecule has 1 aromatic carbocycles. The molecule has 0 spiro atoms. The number of halogens is 1. The molecule has 0 aliphatic carbocycles. The van der Waals surface area contributed by atoms with E-state index in [0.29, 0.717) is 5.92 Å². The first-order valence-electron chi connectivity index (χ1n) is 5.21. The van der Waals surface area contributed by atoms with Crippen LogP contribution >= 0.6 is 15.9 Å². The van der Waals surface area contributed by atoms with Crippen LogP contribution in [0.25, 0.3) is 0 Å². The van der Waals surface area contributed by atoms with E-state index in [1.165, 1.54) is 11.4 Å². The van der Waals surface area contributed by atoms with Gasteiger partial charge in [-0.15, -0.1) is 0 Å². The summed E-state index contributed by atoms with van der Waals surface area (Å²) < 4.78 is 1.11. The summed E-state index contributed by atoms with van der Waals surface area (Å²) in [6, 6.07) is 6.31. The largest absolute Gasteiger partial charge is 0.383 e. The van der Waals surface area contributed by atoms with Gasteiger partial charge >= 0.3 is 0 Å². The zero-order valence-electron chi connectivity index (χ0n) is 9.84. The van der Waals surface area contributed by atoms with E-state index in [1.807, 2.05) is 0 Å². The minimum Gasteiger partial charge on any atom is -0.383 e. The van der Waals surface area contributed by atoms with Crippen LogP contribution in [0.3, 0.4) is 0 Å². The molecule has 0 aliphatic heterocycles. The van der Waals surface area contributed by atoms with Crippen molar-refractivity contribution >= 4 is 27.3 Å². The Labute approximate surface area is 101 Å². The molecule has 0 unspecified atom stereocenters. The smallest absolute Gasteiger partial charge is 0.0597 e. The van der Waals surface area contributed by atoms with Crippen molar-refractivity contribution in [2.24, 2.45) is 5.92 Å². The van der Waals surface area contributed by atoms with Gasteiger partial charge in [0, 0.05) is 25.1 Å². The van der Waals surface area contributed by atoms with Crippen molar-refractivity contribution in [2.45, 2.75) is 13.8 Å². The number of nitrogens with zero attached hydrogens (tertiary/aromatic N) is 1. The third-order valence-corrected chi connectivity index (χ3v) is 2.63. The van der Waals surface area contributed by atoms with Gasteiger partial charge in [-0.3, -0.25) is 0 Å². The monoisotopic (exact) mass is 270 g/mol. The van der Waals surface area contributed by atoms with Crippen LogP contribution in [0.5, 0.6) is 0 Å². The molecule has 0 aromatic heterocycles. The molecule has 1 aromatic rings. The number of anilines is 2. The lowest BCUT2D eigenvalue weighted by Gasteiger charge is -2.19. The summed E-state index contributed by atoms with van der Waals surface area (Å²) in [6.45, 7) is 5.41. The van der Waals surface area contributed by atoms with Gasteiger partial charge in [-0.1, -0.05) is 29.8 Å². The van der Waals surface area contributed by atoms with Crippen LogP contribution in [0.1, 0.15) is 13.8 Å². The minimum absolute atomic E-state index is 0.652. The molecular formula is C12H19BrN2. The SMILES string of the molecule is CC(C)CNc1cc(Br)ccc1N(C)C. The summed E-state index contributed by atoms with van der Waals surface area (Å²) in [5.41, 5.74) is 2.40. The predicted molar refractivity (Wildman–Crippen MR) is 71.8 cm³/mol. The van der Waals surface area contributed by atoms with Crippen molar-refractivity contribution in [2.75, 3.05) is 30.9 Å². The van der Waals surface area contributed by atoms with Crippen molar-refractivity contribution in [1.29, 1.82) is 0 Å². The van der Waals surface area contributed by atoms with Gasteiger partial charge in [-0.25, -0.2) is 0 Å². The second kappa shape index (κ2) is 5.40. The normalized spacial score (nSPS) is 10.5. The second-order valence-corrected chi connectivity index (χ2v) is 5.25.